The van der Waals surface area contributed by atoms with E-state index in [4.69, 9.17) is 21.4 Å². The molecule has 2 aromatic rings. The second kappa shape index (κ2) is 12.6. The van der Waals surface area contributed by atoms with Crippen LogP contribution in [-0.4, -0.2) is 63.5 Å². The average molecular weight is 600 g/mol. The van der Waals surface area contributed by atoms with Crippen LogP contribution < -0.4 is 15.4 Å². The third-order valence-corrected chi connectivity index (χ3v) is 11.0. The fourth-order valence-electron chi connectivity index (χ4n) is 6.88. The third kappa shape index (κ3) is 5.68. The van der Waals surface area contributed by atoms with E-state index in [1.54, 1.807) is 53.1 Å². The maximum Gasteiger partial charge on any atom is 0.248 e. The molecule has 3 N–H and O–H groups in total. The molecule has 3 aliphatic rings. The number of nitrogens with zero attached hydrogens (tertiary/aromatic N) is 1. The summed E-state index contributed by atoms with van der Waals surface area (Å²) in [6.07, 6.45) is 3.91. The van der Waals surface area contributed by atoms with Gasteiger partial charge in [0.1, 0.15) is 11.8 Å². The largest absolute Gasteiger partial charge is 0.494 e. The van der Waals surface area contributed by atoms with E-state index in [0.29, 0.717) is 36.0 Å². The van der Waals surface area contributed by atoms with Gasteiger partial charge in [0.05, 0.1) is 23.2 Å². The van der Waals surface area contributed by atoms with Gasteiger partial charge in [-0.05, 0) is 80.6 Å². The Hall–Kier alpha value is -2.75. The van der Waals surface area contributed by atoms with Crippen LogP contribution >= 0.6 is 23.4 Å². The molecule has 2 aromatic carbocycles. The van der Waals surface area contributed by atoms with Gasteiger partial charge in [0.2, 0.25) is 17.7 Å². The molecule has 2 bridgehead atoms. The van der Waals surface area contributed by atoms with Crippen LogP contribution in [0.5, 0.6) is 5.75 Å². The van der Waals surface area contributed by atoms with E-state index in [0.717, 1.165) is 31.4 Å². The van der Waals surface area contributed by atoms with Crippen molar-refractivity contribution in [3.63, 3.8) is 0 Å². The Bertz CT molecular complexity index is 1260. The minimum absolute atomic E-state index is 0.0424. The molecule has 0 saturated carbocycles. The zero-order valence-corrected chi connectivity index (χ0v) is 25.0. The lowest BCUT2D eigenvalue weighted by Crippen LogP contribution is -2.54. The Kier molecular flexibility index (Phi) is 9.16. The molecular formula is C31H38ClN3O5S. The van der Waals surface area contributed by atoms with E-state index in [1.165, 1.54) is 0 Å². The van der Waals surface area contributed by atoms with E-state index in [9.17, 15) is 14.4 Å². The summed E-state index contributed by atoms with van der Waals surface area (Å²) in [6, 6.07) is 13.5. The first-order valence-corrected chi connectivity index (χ1v) is 15.7. The van der Waals surface area contributed by atoms with Gasteiger partial charge < -0.3 is 25.4 Å². The van der Waals surface area contributed by atoms with Crippen molar-refractivity contribution < 1.29 is 24.2 Å². The van der Waals surface area contributed by atoms with Gasteiger partial charge in [0.25, 0.3) is 0 Å². The number of likely N-dealkylation sites (tertiary alicyclic amines) is 1. The Morgan fingerprint density at radius 3 is 2.32 bits per heavy atom. The number of carbonyl (C=O) groups is 3. The van der Waals surface area contributed by atoms with Crippen LogP contribution in [0.1, 0.15) is 46.0 Å². The van der Waals surface area contributed by atoms with Crippen LogP contribution in [0, 0.1) is 17.8 Å². The number of ether oxygens (including phenoxy) is 1. The molecule has 3 heterocycles. The minimum atomic E-state index is -0.693. The highest BCUT2D eigenvalue weighted by atomic mass is 35.5. The normalized spacial score (nSPS) is 28.0. The molecular weight excluding hydrogens is 562 g/mol. The molecule has 0 aliphatic carbocycles. The predicted octanol–water partition coefficient (Wildman–Crippen LogP) is 5.21. The number of nitrogens with one attached hydrogen (secondary N) is 2. The molecule has 8 nitrogen and oxygen atoms in total. The molecule has 0 aromatic heterocycles. The van der Waals surface area contributed by atoms with Crippen LogP contribution in [0.25, 0.3) is 0 Å². The first kappa shape index (κ1) is 29.7. The van der Waals surface area contributed by atoms with Crippen LogP contribution in [-0.2, 0) is 14.4 Å². The summed E-state index contributed by atoms with van der Waals surface area (Å²) in [7, 11) is 0. The molecule has 3 saturated heterocycles. The zero-order chi connectivity index (χ0) is 29.1. The number of thioether (sulfide) groups is 1. The summed E-state index contributed by atoms with van der Waals surface area (Å²) in [6.45, 7) is 5.16. The van der Waals surface area contributed by atoms with Gasteiger partial charge in [0, 0.05) is 34.8 Å². The first-order valence-electron chi connectivity index (χ1n) is 14.5. The molecule has 5 rings (SSSR count). The Morgan fingerprint density at radius 1 is 1.02 bits per heavy atom. The third-order valence-electron chi connectivity index (χ3n) is 8.65. The van der Waals surface area contributed by atoms with Crippen molar-refractivity contribution in [2.45, 2.75) is 62.0 Å². The molecule has 3 unspecified atom stereocenters. The first-order chi connectivity index (χ1) is 19.8. The van der Waals surface area contributed by atoms with E-state index < -0.39 is 22.6 Å². The van der Waals surface area contributed by atoms with Crippen LogP contribution in [0.4, 0.5) is 11.4 Å². The number of rotatable bonds is 12. The molecule has 6 atom stereocenters. The quantitative estimate of drug-likeness (QED) is 0.289. The summed E-state index contributed by atoms with van der Waals surface area (Å²) in [5.41, 5.74) is 1.26. The van der Waals surface area contributed by atoms with Crippen molar-refractivity contribution in [3.05, 3.63) is 53.6 Å². The molecule has 220 valence electrons. The number of halogens is 1. The van der Waals surface area contributed by atoms with Crippen molar-refractivity contribution in [2.75, 3.05) is 30.4 Å². The predicted molar refractivity (Wildman–Crippen MR) is 162 cm³/mol. The summed E-state index contributed by atoms with van der Waals surface area (Å²) >= 11 is 7.71. The van der Waals surface area contributed by atoms with E-state index >= 15 is 0 Å². The Balaban J connectivity index is 1.41. The number of unbranched alkanes of at least 4 members (excludes halogenated alkanes) is 3. The zero-order valence-electron chi connectivity index (χ0n) is 23.5. The molecule has 3 aliphatic heterocycles. The number of hydrogen-bond donors (Lipinski definition) is 3. The van der Waals surface area contributed by atoms with Crippen molar-refractivity contribution in [1.29, 1.82) is 0 Å². The highest BCUT2D eigenvalue weighted by Gasteiger charge is 2.75. The molecule has 0 radical (unpaired) electrons. The SMILES string of the molecule is CCOc1ccc(NC(=O)[C@@H]2[C@H]3C(=O)N(CCCCCCO)C(C(=O)Nc4ccc(Cl)cc4)C34S[C@@H]2CC4C)cc1. The van der Waals surface area contributed by atoms with Gasteiger partial charge in [-0.3, -0.25) is 14.4 Å². The van der Waals surface area contributed by atoms with E-state index in [1.807, 2.05) is 19.1 Å². The lowest BCUT2D eigenvalue weighted by atomic mass is 9.66. The number of amides is 3. The number of aliphatic hydroxyl groups excluding tert-OH is 1. The smallest absolute Gasteiger partial charge is 0.248 e. The topological polar surface area (TPSA) is 108 Å². The number of aliphatic hydroxyl groups is 1. The fourth-order valence-corrected chi connectivity index (χ4v) is 9.43. The van der Waals surface area contributed by atoms with Crippen LogP contribution in [0.15, 0.2) is 48.5 Å². The molecule has 3 amide bonds. The van der Waals surface area contributed by atoms with E-state index in [-0.39, 0.29) is 35.5 Å². The number of fused-ring (bicyclic) bond motifs is 1. The highest BCUT2D eigenvalue weighted by molar-refractivity contribution is 8.02. The highest BCUT2D eigenvalue weighted by Crippen LogP contribution is 2.68. The lowest BCUT2D eigenvalue weighted by molar-refractivity contribution is -0.138. The lowest BCUT2D eigenvalue weighted by Gasteiger charge is -2.38. The summed E-state index contributed by atoms with van der Waals surface area (Å²) in [5.74, 6) is -0.823. The Labute approximate surface area is 250 Å². The van der Waals surface area contributed by atoms with Crippen LogP contribution in [0.3, 0.4) is 0 Å². The number of carbonyl (C=O) groups excluding carboxylic acids is 3. The fraction of sp³-hybridized carbons (Fsp3) is 0.516. The van der Waals surface area contributed by atoms with Gasteiger partial charge >= 0.3 is 0 Å². The maximum absolute atomic E-state index is 14.2. The van der Waals surface area contributed by atoms with Crippen molar-refractivity contribution >= 4 is 52.5 Å². The van der Waals surface area contributed by atoms with Crippen molar-refractivity contribution in [2.24, 2.45) is 17.8 Å². The van der Waals surface area contributed by atoms with Gasteiger partial charge in [0.15, 0.2) is 0 Å². The molecule has 41 heavy (non-hydrogen) atoms. The average Bonchev–Trinajstić information content (AvgIpc) is 3.54. The van der Waals surface area contributed by atoms with E-state index in [2.05, 4.69) is 17.6 Å². The Morgan fingerprint density at radius 2 is 1.66 bits per heavy atom. The number of hydrogen-bond acceptors (Lipinski definition) is 6. The molecule has 3 fully saturated rings. The van der Waals surface area contributed by atoms with Gasteiger partial charge in [-0.2, -0.15) is 0 Å². The molecule has 10 heteroatoms. The van der Waals surface area contributed by atoms with Crippen molar-refractivity contribution in [3.8, 4) is 5.75 Å². The number of benzene rings is 2. The summed E-state index contributed by atoms with van der Waals surface area (Å²) < 4.78 is 4.82. The second-order valence-corrected chi connectivity index (χ2v) is 13.1. The van der Waals surface area contributed by atoms with Crippen LogP contribution in [0.2, 0.25) is 5.02 Å². The van der Waals surface area contributed by atoms with Crippen molar-refractivity contribution in [1.82, 2.24) is 4.90 Å². The molecule has 1 spiro atoms. The van der Waals surface area contributed by atoms with Gasteiger partial charge in [-0.1, -0.05) is 31.4 Å². The summed E-state index contributed by atoms with van der Waals surface area (Å²) in [4.78, 5) is 43.7. The van der Waals surface area contributed by atoms with Gasteiger partial charge in [-0.15, -0.1) is 11.8 Å². The monoisotopic (exact) mass is 599 g/mol. The summed E-state index contributed by atoms with van der Waals surface area (Å²) in [5, 5.41) is 15.8. The van der Waals surface area contributed by atoms with Gasteiger partial charge in [-0.25, -0.2) is 0 Å². The minimum Gasteiger partial charge on any atom is -0.494 e. The second-order valence-electron chi connectivity index (χ2n) is 11.2. The number of anilines is 2. The standard InChI is InChI=1S/C31H38ClN3O5S/c1-3-40-23-14-12-22(13-15-23)33-28(37)25-24-18-19(2)31(41-24)26(25)30(39)35(16-6-4-5-7-17-36)27(31)29(38)34-21-10-8-20(32)9-11-21/h8-15,19,24-27,36H,3-7,16-18H2,1-2H3,(H,33,37)(H,34,38)/t19?,24-,25+,26+,27?,31?/m1/s1. The maximum atomic E-state index is 14.2.